The standard InChI is InChI=1S/C25H37N5O.C11H16N4O2/c1-24(2,3)22-25(4,5)30(16-15-29(22)21-17-26-19-27-18-21)23(31)28-14-10-9-13-20-11-7-6-8-12-20;1-11(2)7-14(3-4-15(11)10(16)17)9-5-12-8-13-6-9/h6-8,11-12,17-19,22H,9-10,13-16H2,1-5H3,(H,28,31);5-6,8H,3-4,7H2,1-2H3,(H,16,17). The lowest BCUT2D eigenvalue weighted by Gasteiger charge is -2.58. The van der Waals surface area contributed by atoms with Crippen molar-refractivity contribution >= 4 is 23.5 Å². The van der Waals surface area contributed by atoms with Crippen molar-refractivity contribution in [3.05, 3.63) is 73.3 Å². The first kappa shape index (κ1) is 36.4. The summed E-state index contributed by atoms with van der Waals surface area (Å²) in [4.78, 5) is 48.6. The zero-order valence-corrected chi connectivity index (χ0v) is 29.6. The summed E-state index contributed by atoms with van der Waals surface area (Å²) in [5.41, 5.74) is 2.51. The third-order valence-electron chi connectivity index (χ3n) is 9.24. The van der Waals surface area contributed by atoms with Crippen LogP contribution in [0.2, 0.25) is 0 Å². The highest BCUT2D eigenvalue weighted by Crippen LogP contribution is 2.40. The molecular weight excluding hydrogens is 606 g/mol. The van der Waals surface area contributed by atoms with E-state index in [1.807, 2.05) is 37.2 Å². The second-order valence-corrected chi connectivity index (χ2v) is 14.8. The second-order valence-electron chi connectivity index (χ2n) is 14.8. The van der Waals surface area contributed by atoms with E-state index >= 15 is 0 Å². The number of piperazine rings is 2. The Morgan fingerprint density at radius 3 is 1.98 bits per heavy atom. The van der Waals surface area contributed by atoms with Crippen LogP contribution in [0.3, 0.4) is 0 Å². The minimum atomic E-state index is -0.862. The molecule has 2 aromatic heterocycles. The summed E-state index contributed by atoms with van der Waals surface area (Å²) in [5.74, 6) is 0. The number of urea groups is 1. The van der Waals surface area contributed by atoms with E-state index in [0.29, 0.717) is 32.7 Å². The molecule has 1 atom stereocenters. The number of nitrogens with zero attached hydrogens (tertiary/aromatic N) is 8. The Labute approximate surface area is 285 Å². The molecule has 0 saturated carbocycles. The Morgan fingerprint density at radius 1 is 0.833 bits per heavy atom. The van der Waals surface area contributed by atoms with Gasteiger partial charge < -0.3 is 25.1 Å². The number of nitrogens with one attached hydrogen (secondary N) is 1. The first-order valence-corrected chi connectivity index (χ1v) is 16.8. The Bertz CT molecular complexity index is 1450. The molecule has 48 heavy (non-hydrogen) atoms. The van der Waals surface area contributed by atoms with Crippen molar-refractivity contribution in [2.24, 2.45) is 5.41 Å². The van der Waals surface area contributed by atoms with Gasteiger partial charge in [-0.1, -0.05) is 51.1 Å². The number of rotatable bonds is 7. The van der Waals surface area contributed by atoms with Gasteiger partial charge in [-0.3, -0.25) is 4.90 Å². The molecule has 2 fully saturated rings. The van der Waals surface area contributed by atoms with Crippen molar-refractivity contribution in [3.8, 4) is 0 Å². The Kier molecular flexibility index (Phi) is 11.8. The van der Waals surface area contributed by atoms with Gasteiger partial charge in [0, 0.05) is 39.3 Å². The number of carboxylic acid groups (broad SMARTS) is 1. The largest absolute Gasteiger partial charge is 0.465 e. The fourth-order valence-corrected chi connectivity index (χ4v) is 7.34. The van der Waals surface area contributed by atoms with Crippen LogP contribution in [0.1, 0.15) is 66.9 Å². The molecule has 12 heteroatoms. The van der Waals surface area contributed by atoms with E-state index in [1.165, 1.54) is 16.8 Å². The summed E-state index contributed by atoms with van der Waals surface area (Å²) in [7, 11) is 0. The minimum Gasteiger partial charge on any atom is -0.465 e. The van der Waals surface area contributed by atoms with Gasteiger partial charge in [0.25, 0.3) is 0 Å². The van der Waals surface area contributed by atoms with Gasteiger partial charge in [0.1, 0.15) is 12.7 Å². The molecule has 12 nitrogen and oxygen atoms in total. The molecule has 0 aliphatic carbocycles. The SMILES string of the molecule is CC(C)(C)C1N(c2cncnc2)CCN(C(=O)NCCCCc2ccccc2)C1(C)C.CC1(C)CN(c2cncnc2)CCN1C(=O)O. The highest BCUT2D eigenvalue weighted by Gasteiger charge is 2.50. The van der Waals surface area contributed by atoms with Crippen LogP contribution in [-0.2, 0) is 6.42 Å². The monoisotopic (exact) mass is 659 g/mol. The van der Waals surface area contributed by atoms with Crippen LogP contribution in [-0.4, -0.2) is 103 Å². The van der Waals surface area contributed by atoms with Gasteiger partial charge in [0.05, 0.1) is 53.3 Å². The smallest absolute Gasteiger partial charge is 0.407 e. The van der Waals surface area contributed by atoms with E-state index in [4.69, 9.17) is 5.11 Å². The Balaban J connectivity index is 0.000000257. The van der Waals surface area contributed by atoms with Crippen LogP contribution in [0, 0.1) is 5.41 Å². The van der Waals surface area contributed by atoms with E-state index < -0.39 is 11.6 Å². The maximum absolute atomic E-state index is 13.1. The summed E-state index contributed by atoms with van der Waals surface area (Å²) >= 11 is 0. The maximum Gasteiger partial charge on any atom is 0.407 e. The van der Waals surface area contributed by atoms with Crippen LogP contribution in [0.15, 0.2) is 67.8 Å². The predicted octanol–water partition coefficient (Wildman–Crippen LogP) is 5.58. The number of unbranched alkanes of at least 4 members (excludes halogenated alkanes) is 1. The molecule has 0 bridgehead atoms. The van der Waals surface area contributed by atoms with Crippen molar-refractivity contribution < 1.29 is 14.7 Å². The lowest BCUT2D eigenvalue weighted by Crippen LogP contribution is -2.71. The molecule has 1 aromatic carbocycles. The van der Waals surface area contributed by atoms with Crippen LogP contribution in [0.5, 0.6) is 0 Å². The van der Waals surface area contributed by atoms with Crippen molar-refractivity contribution in [2.45, 2.75) is 84.8 Å². The Hall–Kier alpha value is -4.48. The highest BCUT2D eigenvalue weighted by molar-refractivity contribution is 5.76. The lowest BCUT2D eigenvalue weighted by atomic mass is 9.72. The average molecular weight is 660 g/mol. The van der Waals surface area contributed by atoms with Gasteiger partial charge in [-0.15, -0.1) is 0 Å². The van der Waals surface area contributed by atoms with E-state index in [-0.39, 0.29) is 23.0 Å². The fourth-order valence-electron chi connectivity index (χ4n) is 7.34. The predicted molar refractivity (Wildman–Crippen MR) is 189 cm³/mol. The van der Waals surface area contributed by atoms with Crippen molar-refractivity contribution in [3.63, 3.8) is 0 Å². The molecule has 0 radical (unpaired) electrons. The van der Waals surface area contributed by atoms with Gasteiger partial charge in [-0.05, 0) is 57.9 Å². The van der Waals surface area contributed by atoms with E-state index in [9.17, 15) is 9.59 Å². The molecule has 0 spiro atoms. The molecule has 2 aliphatic heterocycles. The van der Waals surface area contributed by atoms with Gasteiger partial charge in [0.2, 0.25) is 0 Å². The topological polar surface area (TPSA) is 131 Å². The number of aryl methyl sites for hydroxylation is 1. The quantitative estimate of drug-likeness (QED) is 0.312. The maximum atomic E-state index is 13.1. The normalized spacial score (nSPS) is 18.9. The number of aromatic nitrogens is 4. The number of carbonyl (C=O) groups excluding carboxylic acids is 1. The number of amides is 3. The third-order valence-corrected chi connectivity index (χ3v) is 9.24. The first-order chi connectivity index (χ1) is 22.7. The molecule has 1 unspecified atom stereocenters. The number of benzene rings is 1. The zero-order valence-electron chi connectivity index (χ0n) is 29.6. The molecule has 3 amide bonds. The number of hydrogen-bond donors (Lipinski definition) is 2. The fraction of sp³-hybridized carbons (Fsp3) is 0.556. The summed E-state index contributed by atoms with van der Waals surface area (Å²) < 4.78 is 0. The zero-order chi connectivity index (χ0) is 35.0. The molecule has 260 valence electrons. The van der Waals surface area contributed by atoms with Crippen molar-refractivity contribution in [2.75, 3.05) is 49.1 Å². The average Bonchev–Trinajstić information content (AvgIpc) is 3.04. The summed E-state index contributed by atoms with van der Waals surface area (Å²) in [6.07, 6.45) is 12.5. The van der Waals surface area contributed by atoms with Gasteiger partial charge in [-0.2, -0.15) is 0 Å². The molecule has 2 saturated heterocycles. The van der Waals surface area contributed by atoms with Crippen LogP contribution in [0.25, 0.3) is 0 Å². The van der Waals surface area contributed by atoms with Gasteiger partial charge in [-0.25, -0.2) is 29.5 Å². The number of anilines is 2. The van der Waals surface area contributed by atoms with Crippen molar-refractivity contribution in [1.29, 1.82) is 0 Å². The van der Waals surface area contributed by atoms with Crippen LogP contribution >= 0.6 is 0 Å². The molecule has 3 aromatic rings. The number of carbonyl (C=O) groups is 2. The number of hydrogen-bond acceptors (Lipinski definition) is 8. The van der Waals surface area contributed by atoms with E-state index in [2.05, 4.69) is 93.9 Å². The van der Waals surface area contributed by atoms with Crippen LogP contribution < -0.4 is 15.1 Å². The molecule has 5 rings (SSSR count). The summed E-state index contributed by atoms with van der Waals surface area (Å²) in [6.45, 7) is 18.9. The molecule has 4 heterocycles. The van der Waals surface area contributed by atoms with E-state index in [0.717, 1.165) is 37.2 Å². The Morgan fingerprint density at radius 2 is 1.42 bits per heavy atom. The van der Waals surface area contributed by atoms with Gasteiger partial charge >= 0.3 is 12.1 Å². The van der Waals surface area contributed by atoms with Crippen LogP contribution in [0.4, 0.5) is 21.0 Å². The van der Waals surface area contributed by atoms with E-state index in [1.54, 1.807) is 18.7 Å². The molecule has 2 aliphatic rings. The van der Waals surface area contributed by atoms with Gasteiger partial charge in [0.15, 0.2) is 0 Å². The highest BCUT2D eigenvalue weighted by atomic mass is 16.4. The minimum absolute atomic E-state index is 0.0305. The summed E-state index contributed by atoms with van der Waals surface area (Å²) in [6, 6.07) is 10.7. The first-order valence-electron chi connectivity index (χ1n) is 16.8. The summed E-state index contributed by atoms with van der Waals surface area (Å²) in [5, 5.41) is 12.3. The molecular formula is C36H53N9O3. The lowest BCUT2D eigenvalue weighted by molar-refractivity contribution is 0.0506. The van der Waals surface area contributed by atoms with Crippen molar-refractivity contribution in [1.82, 2.24) is 35.1 Å². The third kappa shape index (κ3) is 9.11. The second kappa shape index (κ2) is 15.6. The molecule has 2 N–H and O–H groups in total.